The van der Waals surface area contributed by atoms with Crippen LogP contribution in [0.5, 0.6) is 5.75 Å². The lowest BCUT2D eigenvalue weighted by atomic mass is 10.2. The summed E-state index contributed by atoms with van der Waals surface area (Å²) >= 11 is 11.8. The summed E-state index contributed by atoms with van der Waals surface area (Å²) in [6.07, 6.45) is 1.30. The molecule has 0 atom stereocenters. The van der Waals surface area contributed by atoms with E-state index in [1.54, 1.807) is 42.5 Å². The monoisotopic (exact) mass is 365 g/mol. The SMILES string of the molecule is COc1cccc(NC(=O)C(=O)N/N=C\c2cccc(Cl)c2Cl)c1. The second kappa shape index (κ2) is 8.33. The Labute approximate surface area is 148 Å². The number of rotatable bonds is 4. The van der Waals surface area contributed by atoms with Gasteiger partial charge in [-0.05, 0) is 18.2 Å². The van der Waals surface area contributed by atoms with Crippen molar-refractivity contribution >= 4 is 46.9 Å². The minimum absolute atomic E-state index is 0.304. The number of hydrogen-bond donors (Lipinski definition) is 2. The van der Waals surface area contributed by atoms with Crippen LogP contribution in [0.15, 0.2) is 47.6 Å². The Morgan fingerprint density at radius 1 is 1.12 bits per heavy atom. The zero-order valence-electron chi connectivity index (χ0n) is 12.5. The standard InChI is InChI=1S/C16H13Cl2N3O3/c1-24-12-6-3-5-11(8-12)20-15(22)16(23)21-19-9-10-4-2-7-13(17)14(10)18/h2-9H,1H3,(H,20,22)(H,21,23)/b19-9-. The van der Waals surface area contributed by atoms with Gasteiger partial charge in [0.2, 0.25) is 0 Å². The Morgan fingerprint density at radius 3 is 2.62 bits per heavy atom. The summed E-state index contributed by atoms with van der Waals surface area (Å²) in [6, 6.07) is 11.6. The number of carbonyl (C=O) groups excluding carboxylic acids is 2. The van der Waals surface area contributed by atoms with Gasteiger partial charge in [0.1, 0.15) is 5.75 Å². The molecule has 0 aliphatic rings. The van der Waals surface area contributed by atoms with Crippen molar-refractivity contribution in [2.75, 3.05) is 12.4 Å². The van der Waals surface area contributed by atoms with Gasteiger partial charge in [-0.25, -0.2) is 5.43 Å². The maximum atomic E-state index is 11.8. The quantitative estimate of drug-likeness (QED) is 0.496. The first-order valence-corrected chi connectivity index (χ1v) is 7.49. The molecule has 0 heterocycles. The summed E-state index contributed by atoms with van der Waals surface area (Å²) < 4.78 is 5.03. The minimum Gasteiger partial charge on any atom is -0.497 e. The topological polar surface area (TPSA) is 79.8 Å². The number of carbonyl (C=O) groups is 2. The van der Waals surface area contributed by atoms with Gasteiger partial charge in [0.05, 0.1) is 23.4 Å². The molecule has 0 aromatic heterocycles. The number of hydrazone groups is 1. The molecule has 6 nitrogen and oxygen atoms in total. The molecule has 0 aliphatic heterocycles. The predicted molar refractivity (Wildman–Crippen MR) is 93.8 cm³/mol. The van der Waals surface area contributed by atoms with Crippen LogP contribution in [0.3, 0.4) is 0 Å². The van der Waals surface area contributed by atoms with Crippen LogP contribution in [-0.2, 0) is 9.59 Å². The molecule has 2 rings (SSSR count). The molecule has 2 N–H and O–H groups in total. The summed E-state index contributed by atoms with van der Waals surface area (Å²) in [7, 11) is 1.50. The number of anilines is 1. The Balaban J connectivity index is 1.95. The largest absolute Gasteiger partial charge is 0.497 e. The summed E-state index contributed by atoms with van der Waals surface area (Å²) in [5.74, 6) is -1.23. The second-order valence-electron chi connectivity index (χ2n) is 4.53. The summed E-state index contributed by atoms with van der Waals surface area (Å²) in [5.41, 5.74) is 3.05. The normalized spacial score (nSPS) is 10.5. The van der Waals surface area contributed by atoms with Gasteiger partial charge in [-0.3, -0.25) is 9.59 Å². The van der Waals surface area contributed by atoms with E-state index in [2.05, 4.69) is 15.8 Å². The van der Waals surface area contributed by atoms with Crippen molar-refractivity contribution in [3.8, 4) is 5.75 Å². The van der Waals surface area contributed by atoms with E-state index >= 15 is 0 Å². The first kappa shape index (κ1) is 17.8. The number of halogens is 2. The molecule has 124 valence electrons. The van der Waals surface area contributed by atoms with Crippen LogP contribution < -0.4 is 15.5 Å². The molecular weight excluding hydrogens is 353 g/mol. The zero-order valence-corrected chi connectivity index (χ0v) is 14.1. The van der Waals surface area contributed by atoms with Crippen LogP contribution >= 0.6 is 23.2 Å². The van der Waals surface area contributed by atoms with Gasteiger partial charge in [0.15, 0.2) is 0 Å². The molecule has 0 saturated carbocycles. The molecule has 0 bridgehead atoms. The van der Waals surface area contributed by atoms with Crippen molar-refractivity contribution in [1.29, 1.82) is 0 Å². The molecule has 0 aliphatic carbocycles. The van der Waals surface area contributed by atoms with Crippen LogP contribution in [0.4, 0.5) is 5.69 Å². The van der Waals surface area contributed by atoms with Crippen molar-refractivity contribution < 1.29 is 14.3 Å². The lowest BCUT2D eigenvalue weighted by Crippen LogP contribution is -2.32. The van der Waals surface area contributed by atoms with Crippen LogP contribution in [0, 0.1) is 0 Å². The molecule has 0 fully saturated rings. The fourth-order valence-electron chi connectivity index (χ4n) is 1.72. The van der Waals surface area contributed by atoms with Crippen molar-refractivity contribution in [3.05, 3.63) is 58.1 Å². The first-order chi connectivity index (χ1) is 11.5. The average Bonchev–Trinajstić information content (AvgIpc) is 2.58. The fourth-order valence-corrected chi connectivity index (χ4v) is 2.08. The molecule has 2 aromatic carbocycles. The molecule has 0 spiro atoms. The van der Waals surface area contributed by atoms with E-state index in [0.29, 0.717) is 27.0 Å². The van der Waals surface area contributed by atoms with E-state index in [-0.39, 0.29) is 0 Å². The van der Waals surface area contributed by atoms with Crippen molar-refractivity contribution in [3.63, 3.8) is 0 Å². The smallest absolute Gasteiger partial charge is 0.329 e. The van der Waals surface area contributed by atoms with E-state index in [0.717, 1.165) is 0 Å². The first-order valence-electron chi connectivity index (χ1n) is 6.73. The second-order valence-corrected chi connectivity index (χ2v) is 5.31. The third kappa shape index (κ3) is 4.71. The Kier molecular flexibility index (Phi) is 6.17. The molecule has 0 radical (unpaired) electrons. The van der Waals surface area contributed by atoms with E-state index < -0.39 is 11.8 Å². The Hall–Kier alpha value is -2.57. The van der Waals surface area contributed by atoms with Crippen LogP contribution in [-0.4, -0.2) is 25.1 Å². The molecule has 0 unspecified atom stereocenters. The third-order valence-corrected chi connectivity index (χ3v) is 3.72. The summed E-state index contributed by atoms with van der Waals surface area (Å²) in [6.45, 7) is 0. The van der Waals surface area contributed by atoms with Crippen LogP contribution in [0.1, 0.15) is 5.56 Å². The van der Waals surface area contributed by atoms with Crippen molar-refractivity contribution in [2.45, 2.75) is 0 Å². The number of hydrogen-bond acceptors (Lipinski definition) is 4. The van der Waals surface area contributed by atoms with E-state index in [1.165, 1.54) is 13.3 Å². The summed E-state index contributed by atoms with van der Waals surface area (Å²) in [5, 5.41) is 6.79. The van der Waals surface area contributed by atoms with Crippen LogP contribution in [0.25, 0.3) is 0 Å². The van der Waals surface area contributed by atoms with E-state index in [1.807, 2.05) is 0 Å². The van der Waals surface area contributed by atoms with Gasteiger partial charge >= 0.3 is 11.8 Å². The van der Waals surface area contributed by atoms with Gasteiger partial charge in [0, 0.05) is 17.3 Å². The highest BCUT2D eigenvalue weighted by Gasteiger charge is 2.13. The Morgan fingerprint density at radius 2 is 1.88 bits per heavy atom. The Bertz CT molecular complexity index is 794. The van der Waals surface area contributed by atoms with Crippen LogP contribution in [0.2, 0.25) is 10.0 Å². The highest BCUT2D eigenvalue weighted by molar-refractivity contribution is 6.43. The molecule has 2 amide bonds. The number of nitrogens with zero attached hydrogens (tertiary/aromatic N) is 1. The average molecular weight is 366 g/mol. The molecular formula is C16H13Cl2N3O3. The number of methoxy groups -OCH3 is 1. The third-order valence-electron chi connectivity index (χ3n) is 2.89. The number of benzene rings is 2. The molecule has 24 heavy (non-hydrogen) atoms. The minimum atomic E-state index is -0.924. The van der Waals surface area contributed by atoms with Gasteiger partial charge in [0.25, 0.3) is 0 Å². The fraction of sp³-hybridized carbons (Fsp3) is 0.0625. The lowest BCUT2D eigenvalue weighted by molar-refractivity contribution is -0.136. The molecule has 8 heteroatoms. The highest BCUT2D eigenvalue weighted by atomic mass is 35.5. The highest BCUT2D eigenvalue weighted by Crippen LogP contribution is 2.24. The maximum absolute atomic E-state index is 11.8. The van der Waals surface area contributed by atoms with Gasteiger partial charge < -0.3 is 10.1 Å². The summed E-state index contributed by atoms with van der Waals surface area (Å²) in [4.78, 5) is 23.5. The van der Waals surface area contributed by atoms with Gasteiger partial charge in [-0.1, -0.05) is 41.4 Å². The van der Waals surface area contributed by atoms with Gasteiger partial charge in [-0.2, -0.15) is 5.10 Å². The van der Waals surface area contributed by atoms with Crippen molar-refractivity contribution in [2.24, 2.45) is 5.10 Å². The number of amides is 2. The van der Waals surface area contributed by atoms with E-state index in [4.69, 9.17) is 27.9 Å². The maximum Gasteiger partial charge on any atom is 0.329 e. The van der Waals surface area contributed by atoms with Crippen molar-refractivity contribution in [1.82, 2.24) is 5.43 Å². The van der Waals surface area contributed by atoms with Gasteiger partial charge in [-0.15, -0.1) is 0 Å². The van der Waals surface area contributed by atoms with E-state index in [9.17, 15) is 9.59 Å². The number of nitrogens with one attached hydrogen (secondary N) is 2. The zero-order chi connectivity index (χ0) is 17.5. The molecule has 0 saturated heterocycles. The number of ether oxygens (including phenoxy) is 1. The predicted octanol–water partition coefficient (Wildman–Crippen LogP) is 3.09. The lowest BCUT2D eigenvalue weighted by Gasteiger charge is -2.06. The molecule has 2 aromatic rings.